The van der Waals surface area contributed by atoms with Crippen molar-refractivity contribution in [2.75, 3.05) is 13.2 Å². The van der Waals surface area contributed by atoms with E-state index in [1.165, 1.54) is 13.0 Å². The predicted molar refractivity (Wildman–Crippen MR) is 167 cm³/mol. The molecule has 7 N–H and O–H groups in total. The molecule has 0 aromatic rings. The number of carbonyl (C=O) groups is 4. The summed E-state index contributed by atoms with van der Waals surface area (Å²) in [6, 6.07) is -1.74. The monoisotopic (exact) mass is 641 g/mol. The lowest BCUT2D eigenvalue weighted by Crippen LogP contribution is -2.53. The van der Waals surface area contributed by atoms with Gasteiger partial charge in [0.05, 0.1) is 24.6 Å². The minimum absolute atomic E-state index is 0.0313. The molecule has 1 unspecified atom stereocenters. The van der Waals surface area contributed by atoms with Crippen LogP contribution in [0.4, 0.5) is 0 Å². The van der Waals surface area contributed by atoms with Gasteiger partial charge in [-0.15, -0.1) is 0 Å². The van der Waals surface area contributed by atoms with Gasteiger partial charge in [-0.3, -0.25) is 9.59 Å². The number of aliphatic hydroxyl groups is 2. The number of rotatable bonds is 21. The number of unbranched alkanes of at least 4 members (excludes halogenated alkanes) is 4. The highest BCUT2D eigenvalue weighted by Crippen LogP contribution is 2.34. The summed E-state index contributed by atoms with van der Waals surface area (Å²) < 4.78 is 22.2. The Kier molecular flexibility index (Phi) is 17.8. The van der Waals surface area contributed by atoms with Gasteiger partial charge < -0.3 is 50.7 Å². The number of esters is 3. The number of ketones is 1. The Morgan fingerprint density at radius 3 is 2.24 bits per heavy atom. The average molecular weight is 642 g/mol. The molecule has 0 amide bonds. The summed E-state index contributed by atoms with van der Waals surface area (Å²) in [5, 5.41) is 24.3. The second kappa shape index (κ2) is 20.1. The number of nitrogens with two attached hydrogens (primary N) is 2. The van der Waals surface area contributed by atoms with E-state index in [1.54, 1.807) is 27.7 Å². The van der Waals surface area contributed by atoms with Crippen molar-refractivity contribution in [3.63, 3.8) is 0 Å². The Morgan fingerprint density at radius 1 is 1.07 bits per heavy atom. The van der Waals surface area contributed by atoms with Gasteiger partial charge in [-0.25, -0.2) is 4.79 Å². The number of carbonyl (C=O) groups excluding carboxylic acids is 4. The summed E-state index contributed by atoms with van der Waals surface area (Å²) in [7, 11) is 0. The van der Waals surface area contributed by atoms with Crippen LogP contribution in [0.25, 0.3) is 0 Å². The molecule has 0 saturated heterocycles. The summed E-state index contributed by atoms with van der Waals surface area (Å²) in [6.45, 7) is 12.9. The maximum Gasteiger partial charge on any atom is 0.376 e. The average Bonchev–Trinajstić information content (AvgIpc) is 2.96. The van der Waals surface area contributed by atoms with Gasteiger partial charge >= 0.3 is 17.9 Å². The Bertz CT molecular complexity index is 1020. The minimum atomic E-state index is -1.41. The molecular weight excluding hydrogens is 586 g/mol. The Hall–Kier alpha value is -3.16. The van der Waals surface area contributed by atoms with Crippen molar-refractivity contribution in [3.05, 3.63) is 24.2 Å². The van der Waals surface area contributed by atoms with Gasteiger partial charge in [0.15, 0.2) is 0 Å². The molecule has 0 saturated carbocycles. The molecule has 0 aromatic heterocycles. The minimum Gasteiger partial charge on any atom is -0.482 e. The van der Waals surface area contributed by atoms with E-state index in [2.05, 4.69) is 18.8 Å². The number of Topliss-reactive ketones (excluding diaryl/α,β-unsaturated/α-hetero) is 1. The van der Waals surface area contributed by atoms with Crippen LogP contribution in [0.2, 0.25) is 0 Å². The zero-order valence-electron chi connectivity index (χ0n) is 27.7. The third-order valence-corrected chi connectivity index (χ3v) is 7.57. The molecule has 1 heterocycles. The molecule has 1 aliphatic heterocycles. The number of aliphatic hydroxyl groups excluding tert-OH is 2. The van der Waals surface area contributed by atoms with E-state index in [4.69, 9.17) is 30.4 Å². The van der Waals surface area contributed by atoms with Crippen LogP contribution in [-0.4, -0.2) is 77.7 Å². The Labute approximate surface area is 267 Å². The molecule has 0 radical (unpaired) electrons. The molecule has 0 fully saturated rings. The number of hydrogen-bond donors (Lipinski definition) is 5. The summed E-state index contributed by atoms with van der Waals surface area (Å²) in [6.07, 6.45) is 2.37. The standard InChI is InChI=1S/C32H55N3O10/c1-8-9-10-11-12-13-27(39)42-17-25(38)23(16-36)29-22(14-20(6)37)24(35-21(7)33)15-26(43-29)30(40)44-32(19(4)5)45-31(41)28(34)18(2)3/h15,18-19,22-25,28-29,32,35-36,38H,7-14,16-17,33-34H2,1-6H3/t22-,23+,24+,25+,28+,29-,32?/m1/s1. The molecule has 0 aromatic carbocycles. The summed E-state index contributed by atoms with van der Waals surface area (Å²) in [5.74, 6) is -5.25. The highest BCUT2D eigenvalue weighted by Gasteiger charge is 2.45. The third-order valence-electron chi connectivity index (χ3n) is 7.57. The predicted octanol–water partition coefficient (Wildman–Crippen LogP) is 2.18. The van der Waals surface area contributed by atoms with Crippen molar-refractivity contribution in [1.29, 1.82) is 0 Å². The molecule has 13 nitrogen and oxygen atoms in total. The van der Waals surface area contributed by atoms with Crippen LogP contribution in [0.15, 0.2) is 24.2 Å². The van der Waals surface area contributed by atoms with Gasteiger partial charge in [0.2, 0.25) is 12.0 Å². The van der Waals surface area contributed by atoms with E-state index in [1.807, 2.05) is 0 Å². The van der Waals surface area contributed by atoms with Crippen molar-refractivity contribution in [3.8, 4) is 0 Å². The maximum absolute atomic E-state index is 13.4. The number of nitrogens with one attached hydrogen (secondary N) is 1. The summed E-state index contributed by atoms with van der Waals surface area (Å²) >= 11 is 0. The maximum atomic E-state index is 13.4. The molecule has 0 bridgehead atoms. The van der Waals surface area contributed by atoms with Crippen LogP contribution < -0.4 is 16.8 Å². The van der Waals surface area contributed by atoms with Crippen molar-refractivity contribution < 1.29 is 48.3 Å². The molecule has 13 heteroatoms. The van der Waals surface area contributed by atoms with Crippen molar-refractivity contribution >= 4 is 23.7 Å². The largest absolute Gasteiger partial charge is 0.482 e. The molecule has 258 valence electrons. The first-order valence-electron chi connectivity index (χ1n) is 15.8. The molecule has 45 heavy (non-hydrogen) atoms. The molecule has 1 rings (SSSR count). The topological polar surface area (TPSA) is 210 Å². The number of ether oxygens (including phenoxy) is 4. The second-order valence-electron chi connectivity index (χ2n) is 12.4. The van der Waals surface area contributed by atoms with Crippen LogP contribution in [0, 0.1) is 23.7 Å². The highest BCUT2D eigenvalue weighted by molar-refractivity contribution is 5.87. The Balaban J connectivity index is 3.23. The van der Waals surface area contributed by atoms with E-state index in [9.17, 15) is 29.4 Å². The van der Waals surface area contributed by atoms with Crippen LogP contribution in [-0.2, 0) is 38.1 Å². The van der Waals surface area contributed by atoms with E-state index in [0.717, 1.165) is 25.7 Å². The van der Waals surface area contributed by atoms with Crippen LogP contribution in [0.1, 0.15) is 86.5 Å². The molecule has 0 spiro atoms. The zero-order valence-corrected chi connectivity index (χ0v) is 27.7. The van der Waals surface area contributed by atoms with E-state index in [0.29, 0.717) is 6.42 Å². The fraction of sp³-hybridized carbons (Fsp3) is 0.750. The van der Waals surface area contributed by atoms with Crippen LogP contribution in [0.3, 0.4) is 0 Å². The lowest BCUT2D eigenvalue weighted by atomic mass is 9.78. The normalized spacial score (nSPS) is 20.7. The van der Waals surface area contributed by atoms with Crippen molar-refractivity contribution in [2.24, 2.45) is 35.1 Å². The molecule has 1 aliphatic rings. The van der Waals surface area contributed by atoms with Crippen LogP contribution in [0.5, 0.6) is 0 Å². The van der Waals surface area contributed by atoms with Gasteiger partial charge in [0, 0.05) is 30.6 Å². The lowest BCUT2D eigenvalue weighted by molar-refractivity contribution is -0.199. The summed E-state index contributed by atoms with van der Waals surface area (Å²) in [4.78, 5) is 50.5. The number of hydrogen-bond acceptors (Lipinski definition) is 13. The lowest BCUT2D eigenvalue weighted by Gasteiger charge is -2.41. The van der Waals surface area contributed by atoms with E-state index < -0.39 is 79.5 Å². The van der Waals surface area contributed by atoms with E-state index in [-0.39, 0.29) is 36.1 Å². The molecular formula is C32H55N3O10. The van der Waals surface area contributed by atoms with E-state index >= 15 is 0 Å². The zero-order chi connectivity index (χ0) is 34.3. The quantitative estimate of drug-likeness (QED) is 0.0692. The fourth-order valence-corrected chi connectivity index (χ4v) is 4.84. The first kappa shape index (κ1) is 39.9. The van der Waals surface area contributed by atoms with Gasteiger partial charge in [0.1, 0.15) is 24.5 Å². The van der Waals surface area contributed by atoms with Crippen molar-refractivity contribution in [2.45, 2.75) is 117 Å². The summed E-state index contributed by atoms with van der Waals surface area (Å²) in [5.41, 5.74) is 11.7. The molecule has 0 aliphatic carbocycles. The Morgan fingerprint density at radius 2 is 1.71 bits per heavy atom. The first-order valence-corrected chi connectivity index (χ1v) is 15.8. The molecule has 7 atom stereocenters. The first-order chi connectivity index (χ1) is 21.1. The van der Waals surface area contributed by atoms with Gasteiger partial charge in [-0.05, 0) is 25.3 Å². The highest BCUT2D eigenvalue weighted by atomic mass is 16.7. The van der Waals surface area contributed by atoms with Gasteiger partial charge in [-0.2, -0.15) is 0 Å². The van der Waals surface area contributed by atoms with Crippen LogP contribution >= 0.6 is 0 Å². The smallest absolute Gasteiger partial charge is 0.376 e. The third kappa shape index (κ3) is 13.8. The fourth-order valence-electron chi connectivity index (χ4n) is 4.84. The van der Waals surface area contributed by atoms with Gasteiger partial charge in [0.25, 0.3) is 0 Å². The SMILES string of the molecule is C=C(N)N[C@H]1C=C(C(=O)OC(OC(=O)[C@@H](N)C(C)C)C(C)C)O[C@@H]([C@@H](CO)[C@@H](O)COC(=O)CCCCCCC)[C@@H]1CC(C)=O. The van der Waals surface area contributed by atoms with Crippen molar-refractivity contribution in [1.82, 2.24) is 5.32 Å². The second-order valence-corrected chi connectivity index (χ2v) is 12.4. The van der Waals surface area contributed by atoms with Gasteiger partial charge in [-0.1, -0.05) is 66.9 Å².